The van der Waals surface area contributed by atoms with Crippen molar-refractivity contribution in [3.8, 4) is 0 Å². The van der Waals surface area contributed by atoms with Crippen molar-refractivity contribution in [2.45, 2.75) is 59.5 Å². The van der Waals surface area contributed by atoms with Gasteiger partial charge >= 0.3 is 0 Å². The molecule has 5 nitrogen and oxygen atoms in total. The molecule has 0 aliphatic carbocycles. The number of nitrogens with zero attached hydrogens (tertiary/aromatic N) is 2. The van der Waals surface area contributed by atoms with E-state index in [4.69, 9.17) is 4.52 Å². The average molecular weight is 370 g/mol. The van der Waals surface area contributed by atoms with Gasteiger partial charge in [-0.3, -0.25) is 9.69 Å². The first-order valence-electron chi connectivity index (χ1n) is 9.94. The second kappa shape index (κ2) is 8.70. The Bertz CT molecular complexity index is 739. The lowest BCUT2D eigenvalue weighted by Gasteiger charge is -2.30. The molecule has 0 saturated carbocycles. The van der Waals surface area contributed by atoms with Crippen LogP contribution in [0.4, 0.5) is 0 Å². The number of carbonyl (C=O) groups excluding carboxylic acids is 1. The predicted octanol–water partition coefficient (Wildman–Crippen LogP) is 3.94. The summed E-state index contributed by atoms with van der Waals surface area (Å²) in [5, 5.41) is 6.97. The Hall–Kier alpha value is -2.14. The van der Waals surface area contributed by atoms with Crippen molar-refractivity contribution in [2.75, 3.05) is 13.1 Å². The van der Waals surface area contributed by atoms with Crippen LogP contribution >= 0.6 is 0 Å². The van der Waals surface area contributed by atoms with Gasteiger partial charge < -0.3 is 9.84 Å². The molecule has 1 aromatic carbocycles. The first kappa shape index (κ1) is 19.6. The Balaban J connectivity index is 1.50. The molecular formula is C22H31N3O2. The highest BCUT2D eigenvalue weighted by Crippen LogP contribution is 2.23. The van der Waals surface area contributed by atoms with Gasteiger partial charge in [-0.1, -0.05) is 36.3 Å². The zero-order chi connectivity index (χ0) is 19.4. The highest BCUT2D eigenvalue weighted by molar-refractivity contribution is 5.83. The third kappa shape index (κ3) is 4.98. The van der Waals surface area contributed by atoms with E-state index in [1.807, 2.05) is 20.8 Å². The maximum Gasteiger partial charge on any atom is 0.227 e. The van der Waals surface area contributed by atoms with Gasteiger partial charge in [0.1, 0.15) is 5.76 Å². The number of likely N-dealkylation sites (tertiary alicyclic amines) is 1. The van der Waals surface area contributed by atoms with Crippen molar-refractivity contribution in [3.63, 3.8) is 0 Å². The fourth-order valence-electron chi connectivity index (χ4n) is 3.82. The average Bonchev–Trinajstić information content (AvgIpc) is 3.00. The van der Waals surface area contributed by atoms with E-state index in [1.165, 1.54) is 31.5 Å². The fraction of sp³-hybridized carbons (Fsp3) is 0.545. The van der Waals surface area contributed by atoms with Gasteiger partial charge in [0.15, 0.2) is 0 Å². The number of aryl methyl sites for hydroxylation is 2. The molecule has 1 aliphatic heterocycles. The van der Waals surface area contributed by atoms with Gasteiger partial charge in [-0.05, 0) is 63.7 Å². The van der Waals surface area contributed by atoms with Crippen LogP contribution in [0.3, 0.4) is 0 Å². The standard InChI is InChI=1S/C22H31N3O2/c1-15-9-11-25(12-10-15)14-20-7-5-19(6-8-20)13-23-22(26)16(2)21-17(3)24-27-18(21)4/h5-8,15-16H,9-14H2,1-4H3,(H,23,26). The summed E-state index contributed by atoms with van der Waals surface area (Å²) < 4.78 is 5.18. The molecular weight excluding hydrogens is 338 g/mol. The molecule has 5 heteroatoms. The Morgan fingerprint density at radius 2 is 1.85 bits per heavy atom. The maximum atomic E-state index is 12.5. The molecule has 0 bridgehead atoms. The summed E-state index contributed by atoms with van der Waals surface area (Å²) in [6, 6.07) is 8.58. The van der Waals surface area contributed by atoms with Crippen molar-refractivity contribution in [3.05, 3.63) is 52.4 Å². The second-order valence-electron chi connectivity index (χ2n) is 7.95. The summed E-state index contributed by atoms with van der Waals surface area (Å²) in [6.07, 6.45) is 2.60. The van der Waals surface area contributed by atoms with E-state index in [2.05, 4.69) is 46.6 Å². The summed E-state index contributed by atoms with van der Waals surface area (Å²) in [6.45, 7) is 11.9. The summed E-state index contributed by atoms with van der Waals surface area (Å²) >= 11 is 0. The van der Waals surface area contributed by atoms with Crippen LogP contribution in [0.1, 0.15) is 60.8 Å². The van der Waals surface area contributed by atoms with Crippen molar-refractivity contribution >= 4 is 5.91 Å². The third-order valence-electron chi connectivity index (χ3n) is 5.69. The Morgan fingerprint density at radius 1 is 1.22 bits per heavy atom. The van der Waals surface area contributed by atoms with Crippen LogP contribution in [0.5, 0.6) is 0 Å². The molecule has 1 atom stereocenters. The summed E-state index contributed by atoms with van der Waals surface area (Å²) in [7, 11) is 0. The van der Waals surface area contributed by atoms with Crippen molar-refractivity contribution in [1.29, 1.82) is 0 Å². The molecule has 1 N–H and O–H groups in total. The number of rotatable bonds is 6. The number of benzene rings is 1. The van der Waals surface area contributed by atoms with E-state index in [1.54, 1.807) is 0 Å². The largest absolute Gasteiger partial charge is 0.361 e. The van der Waals surface area contributed by atoms with Crippen LogP contribution in [0.15, 0.2) is 28.8 Å². The maximum absolute atomic E-state index is 12.5. The van der Waals surface area contributed by atoms with E-state index in [-0.39, 0.29) is 11.8 Å². The molecule has 1 fully saturated rings. The summed E-state index contributed by atoms with van der Waals surface area (Å²) in [4.78, 5) is 15.0. The molecule has 1 aliphatic rings. The first-order chi connectivity index (χ1) is 12.9. The molecule has 1 saturated heterocycles. The number of nitrogens with one attached hydrogen (secondary N) is 1. The van der Waals surface area contributed by atoms with Gasteiger partial charge in [-0.15, -0.1) is 0 Å². The number of carbonyl (C=O) groups is 1. The second-order valence-corrected chi connectivity index (χ2v) is 7.95. The van der Waals surface area contributed by atoms with Crippen molar-refractivity contribution in [1.82, 2.24) is 15.4 Å². The van der Waals surface area contributed by atoms with Crippen LogP contribution < -0.4 is 5.32 Å². The molecule has 27 heavy (non-hydrogen) atoms. The quantitative estimate of drug-likeness (QED) is 0.838. The fourth-order valence-corrected chi connectivity index (χ4v) is 3.82. The number of piperidine rings is 1. The minimum absolute atomic E-state index is 0.00378. The minimum atomic E-state index is -0.267. The molecule has 1 aromatic heterocycles. The summed E-state index contributed by atoms with van der Waals surface area (Å²) in [5.41, 5.74) is 4.12. The van der Waals surface area contributed by atoms with Crippen molar-refractivity contribution in [2.24, 2.45) is 5.92 Å². The van der Waals surface area contributed by atoms with Gasteiger partial charge in [0.05, 0.1) is 11.6 Å². The molecule has 146 valence electrons. The highest BCUT2D eigenvalue weighted by atomic mass is 16.5. The topological polar surface area (TPSA) is 58.4 Å². The monoisotopic (exact) mass is 369 g/mol. The molecule has 1 amide bonds. The summed E-state index contributed by atoms with van der Waals surface area (Å²) in [5.74, 6) is 1.31. The lowest BCUT2D eigenvalue weighted by Crippen LogP contribution is -2.32. The molecule has 0 radical (unpaired) electrons. The minimum Gasteiger partial charge on any atom is -0.361 e. The lowest BCUT2D eigenvalue weighted by molar-refractivity contribution is -0.122. The number of hydrogen-bond acceptors (Lipinski definition) is 4. The van der Waals surface area contributed by atoms with E-state index >= 15 is 0 Å². The van der Waals surface area contributed by atoms with E-state index in [0.717, 1.165) is 29.3 Å². The lowest BCUT2D eigenvalue weighted by atomic mass is 9.98. The zero-order valence-electron chi connectivity index (χ0n) is 16.9. The Labute approximate surface area is 162 Å². The van der Waals surface area contributed by atoms with Gasteiger partial charge in [-0.2, -0.15) is 0 Å². The van der Waals surface area contributed by atoms with Gasteiger partial charge in [-0.25, -0.2) is 0 Å². The highest BCUT2D eigenvalue weighted by Gasteiger charge is 2.22. The van der Waals surface area contributed by atoms with Crippen LogP contribution in [0.25, 0.3) is 0 Å². The smallest absolute Gasteiger partial charge is 0.227 e. The van der Waals surface area contributed by atoms with Crippen LogP contribution in [-0.4, -0.2) is 29.1 Å². The predicted molar refractivity (Wildman–Crippen MR) is 106 cm³/mol. The van der Waals surface area contributed by atoms with Crippen LogP contribution in [0.2, 0.25) is 0 Å². The number of aromatic nitrogens is 1. The van der Waals surface area contributed by atoms with Crippen LogP contribution in [-0.2, 0) is 17.9 Å². The normalized spacial score (nSPS) is 17.0. The van der Waals surface area contributed by atoms with E-state index in [0.29, 0.717) is 12.3 Å². The molecule has 2 aromatic rings. The van der Waals surface area contributed by atoms with Gasteiger partial charge in [0.2, 0.25) is 5.91 Å². The molecule has 2 heterocycles. The molecule has 0 spiro atoms. The number of hydrogen-bond donors (Lipinski definition) is 1. The van der Waals surface area contributed by atoms with E-state index in [9.17, 15) is 4.79 Å². The zero-order valence-corrected chi connectivity index (χ0v) is 16.9. The SMILES string of the molecule is Cc1noc(C)c1C(C)C(=O)NCc1ccc(CN2CCC(C)CC2)cc1. The Morgan fingerprint density at radius 3 is 2.44 bits per heavy atom. The van der Waals surface area contributed by atoms with E-state index < -0.39 is 0 Å². The van der Waals surface area contributed by atoms with Gasteiger partial charge in [0.25, 0.3) is 0 Å². The van der Waals surface area contributed by atoms with Crippen LogP contribution in [0, 0.1) is 19.8 Å². The Kier molecular flexibility index (Phi) is 6.32. The van der Waals surface area contributed by atoms with Crippen molar-refractivity contribution < 1.29 is 9.32 Å². The molecule has 3 rings (SSSR count). The number of amides is 1. The molecule has 1 unspecified atom stereocenters. The van der Waals surface area contributed by atoms with Gasteiger partial charge in [0, 0.05) is 18.7 Å². The first-order valence-corrected chi connectivity index (χ1v) is 9.94. The third-order valence-corrected chi connectivity index (χ3v) is 5.69.